The molecule has 0 aliphatic heterocycles. The highest BCUT2D eigenvalue weighted by atomic mass is 28.4. The first kappa shape index (κ1) is 44.4. The maximum atomic E-state index is 7.09. The third-order valence-electron chi connectivity index (χ3n) is 8.25. The molecule has 0 atom stereocenters. The minimum Gasteiger partial charge on any atom is -0.456 e. The third kappa shape index (κ3) is 17.4. The number of rotatable bonds is 24. The van der Waals surface area contributed by atoms with Crippen LogP contribution in [0.25, 0.3) is 0 Å². The zero-order chi connectivity index (χ0) is 34.0. The zero-order valence-corrected chi connectivity index (χ0v) is 39.3. The Morgan fingerprint density at radius 2 is 0.395 bits per heavy atom. The second-order valence-electron chi connectivity index (χ2n) is 15.5. The van der Waals surface area contributed by atoms with Crippen LogP contribution in [0.3, 0.4) is 0 Å². The Morgan fingerprint density at radius 1 is 0.256 bits per heavy atom. The number of hydrogen-bond donors (Lipinski definition) is 0. The highest BCUT2D eigenvalue weighted by Gasteiger charge is 2.44. The van der Waals surface area contributed by atoms with E-state index < -0.39 is 67.5 Å². The molecular formula is C26H70O9Si8. The molecule has 9 nitrogen and oxygen atoms in total. The molecular weight excluding hydrogens is 681 g/mol. The second kappa shape index (κ2) is 17.7. The van der Waals surface area contributed by atoms with Crippen molar-refractivity contribution in [3.63, 3.8) is 0 Å². The van der Waals surface area contributed by atoms with E-state index in [0.717, 1.165) is 48.4 Å². The van der Waals surface area contributed by atoms with Crippen molar-refractivity contribution in [3.05, 3.63) is 0 Å². The summed E-state index contributed by atoms with van der Waals surface area (Å²) in [6.45, 7) is 28.4. The highest BCUT2D eigenvalue weighted by Crippen LogP contribution is 2.33. The van der Waals surface area contributed by atoms with Gasteiger partial charge in [0.05, 0.1) is 0 Å². The molecule has 0 N–H and O–H groups in total. The predicted molar refractivity (Wildman–Crippen MR) is 200 cm³/mol. The molecule has 0 saturated heterocycles. The Hall–Kier alpha value is 1.38. The van der Waals surface area contributed by atoms with E-state index in [-0.39, 0.29) is 0 Å². The van der Waals surface area contributed by atoms with Gasteiger partial charge in [-0.2, -0.15) is 0 Å². The first-order valence-corrected chi connectivity index (χ1v) is 38.3. The van der Waals surface area contributed by atoms with Crippen LogP contribution < -0.4 is 0 Å². The minimum atomic E-state index is -2.59. The highest BCUT2D eigenvalue weighted by molar-refractivity contribution is 6.90. The minimum absolute atomic E-state index is 0.794. The quantitative estimate of drug-likeness (QED) is 0.0912. The molecule has 0 unspecified atom stereocenters. The largest absolute Gasteiger partial charge is 0.499 e. The molecule has 17 heteroatoms. The van der Waals surface area contributed by atoms with Gasteiger partial charge in [-0.25, -0.2) is 0 Å². The van der Waals surface area contributed by atoms with Gasteiger partial charge in [0.25, 0.3) is 0 Å². The lowest BCUT2D eigenvalue weighted by molar-refractivity contribution is 0.124. The van der Waals surface area contributed by atoms with Gasteiger partial charge in [-0.05, 0) is 115 Å². The molecule has 0 aromatic carbocycles. The van der Waals surface area contributed by atoms with Gasteiger partial charge in [0.1, 0.15) is 0 Å². The molecule has 0 aromatic heterocycles. The van der Waals surface area contributed by atoms with Gasteiger partial charge in [-0.1, -0.05) is 0 Å². The fraction of sp³-hybridized carbons (Fsp3) is 1.00. The van der Waals surface area contributed by atoms with Crippen molar-refractivity contribution in [2.24, 2.45) is 0 Å². The molecule has 0 heterocycles. The molecule has 0 amide bonds. The zero-order valence-electron chi connectivity index (χ0n) is 31.3. The molecule has 43 heavy (non-hydrogen) atoms. The molecule has 260 valence electrons. The summed E-state index contributed by atoms with van der Waals surface area (Å²) >= 11 is 0. The Morgan fingerprint density at radius 3 is 0.535 bits per heavy atom. The van der Waals surface area contributed by atoms with Crippen molar-refractivity contribution in [1.82, 2.24) is 0 Å². The SMILES string of the molecule is CO[Si](CC[Si](C)(C)O[Si](C)(C)CC[Si](C)(C)O[Si](C)(C)CC[Si](C)(C)O[Si](C)(C)CC[Si](OC)(OC)OC)(OC)OC. The molecule has 0 saturated carbocycles. The van der Waals surface area contributed by atoms with E-state index in [1.54, 1.807) is 42.7 Å². The summed E-state index contributed by atoms with van der Waals surface area (Å²) in [4.78, 5) is 0. The lowest BCUT2D eigenvalue weighted by Crippen LogP contribution is -2.50. The van der Waals surface area contributed by atoms with Crippen molar-refractivity contribution in [2.45, 2.75) is 127 Å². The molecule has 0 radical (unpaired) electrons. The maximum Gasteiger partial charge on any atom is 0.499 e. The van der Waals surface area contributed by atoms with E-state index in [9.17, 15) is 0 Å². The van der Waals surface area contributed by atoms with Crippen LogP contribution in [0.5, 0.6) is 0 Å². The van der Waals surface area contributed by atoms with Crippen LogP contribution in [0.4, 0.5) is 0 Å². The first-order chi connectivity index (χ1) is 19.3. The fourth-order valence-corrected chi connectivity index (χ4v) is 45.3. The Bertz CT molecular complexity index is 725. The summed E-state index contributed by atoms with van der Waals surface area (Å²) in [5.41, 5.74) is 0. The molecule has 0 aromatic rings. The van der Waals surface area contributed by atoms with Crippen LogP contribution in [0, 0.1) is 0 Å². The average Bonchev–Trinajstić information content (AvgIpc) is 2.87. The fourth-order valence-electron chi connectivity index (χ4n) is 5.77. The summed E-state index contributed by atoms with van der Waals surface area (Å²) in [7, 11) is -6.31. The molecule has 0 bridgehead atoms. The van der Waals surface area contributed by atoms with Crippen LogP contribution in [0.15, 0.2) is 0 Å². The van der Waals surface area contributed by atoms with Gasteiger partial charge >= 0.3 is 17.6 Å². The van der Waals surface area contributed by atoms with Gasteiger partial charge in [0.15, 0.2) is 49.9 Å². The molecule has 0 aliphatic rings. The van der Waals surface area contributed by atoms with Crippen molar-refractivity contribution in [3.8, 4) is 0 Å². The van der Waals surface area contributed by atoms with Gasteiger partial charge in [0.2, 0.25) is 0 Å². The van der Waals surface area contributed by atoms with Gasteiger partial charge in [-0.3, -0.25) is 0 Å². The van der Waals surface area contributed by atoms with Crippen LogP contribution in [-0.2, 0) is 38.9 Å². The summed E-state index contributed by atoms with van der Waals surface area (Å²) in [6.07, 6.45) is 0. The van der Waals surface area contributed by atoms with Gasteiger partial charge < -0.3 is 38.9 Å². The number of hydrogen-bond acceptors (Lipinski definition) is 9. The van der Waals surface area contributed by atoms with Gasteiger partial charge in [0, 0.05) is 54.7 Å². The summed E-state index contributed by atoms with van der Waals surface area (Å²) in [5.74, 6) is 0. The lowest BCUT2D eigenvalue weighted by atomic mass is 10.9. The normalized spacial score (nSPS) is 14.9. The van der Waals surface area contributed by atoms with E-state index in [2.05, 4.69) is 78.6 Å². The van der Waals surface area contributed by atoms with Crippen molar-refractivity contribution >= 4 is 67.5 Å². The molecule has 0 aliphatic carbocycles. The second-order valence-corrected chi connectivity index (χ2v) is 48.2. The standard InChI is InChI=1S/C26H70O9Si8/c1-27-42(28-2,29-3)25-23-40(15,16)34-38(11,12)21-19-36(7,8)33-37(9,10)20-22-39(13,14)35-41(17,18)24-26-43(30-4,31-5)32-6/h19-26H2,1-18H3. The Labute approximate surface area is 274 Å². The first-order valence-electron chi connectivity index (χ1n) is 15.7. The van der Waals surface area contributed by atoms with E-state index in [0.29, 0.717) is 0 Å². The maximum absolute atomic E-state index is 7.09. The van der Waals surface area contributed by atoms with Gasteiger partial charge in [-0.15, -0.1) is 0 Å². The van der Waals surface area contributed by atoms with E-state index in [1.165, 1.54) is 0 Å². The van der Waals surface area contributed by atoms with E-state index >= 15 is 0 Å². The molecule has 0 spiro atoms. The summed E-state index contributed by atoms with van der Waals surface area (Å²) in [5, 5.41) is 0. The van der Waals surface area contributed by atoms with E-state index in [4.69, 9.17) is 38.9 Å². The lowest BCUT2D eigenvalue weighted by Gasteiger charge is -2.40. The van der Waals surface area contributed by atoms with E-state index in [1.807, 2.05) is 0 Å². The Balaban J connectivity index is 5.08. The van der Waals surface area contributed by atoms with Crippen LogP contribution in [-0.4, -0.2) is 110 Å². The Kier molecular flexibility index (Phi) is 18.2. The van der Waals surface area contributed by atoms with Crippen molar-refractivity contribution < 1.29 is 38.9 Å². The molecule has 0 fully saturated rings. The monoisotopic (exact) mass is 750 g/mol. The van der Waals surface area contributed by atoms with Crippen LogP contribution in [0.2, 0.25) is 127 Å². The summed E-state index contributed by atoms with van der Waals surface area (Å²) < 4.78 is 54.9. The average molecular weight is 752 g/mol. The van der Waals surface area contributed by atoms with Crippen LogP contribution >= 0.6 is 0 Å². The van der Waals surface area contributed by atoms with Crippen LogP contribution in [0.1, 0.15) is 0 Å². The smallest absolute Gasteiger partial charge is 0.456 e. The third-order valence-corrected chi connectivity index (χ3v) is 37.7. The summed E-state index contributed by atoms with van der Waals surface area (Å²) in [6, 6.07) is 8.07. The van der Waals surface area contributed by atoms with Crippen molar-refractivity contribution in [2.75, 3.05) is 42.7 Å². The molecule has 0 rings (SSSR count). The topological polar surface area (TPSA) is 83.1 Å². The predicted octanol–water partition coefficient (Wildman–Crippen LogP) is 8.02. The van der Waals surface area contributed by atoms with Crippen molar-refractivity contribution in [1.29, 1.82) is 0 Å².